The van der Waals surface area contributed by atoms with Crippen molar-refractivity contribution in [3.63, 3.8) is 0 Å². The molecule has 3 fully saturated rings. The van der Waals surface area contributed by atoms with Crippen LogP contribution in [0.2, 0.25) is 0 Å². The number of amides is 2. The van der Waals surface area contributed by atoms with Gasteiger partial charge in [0.2, 0.25) is 17.6 Å². The quantitative estimate of drug-likeness (QED) is 0.276. The fourth-order valence-corrected chi connectivity index (χ4v) is 7.78. The predicted octanol–water partition coefficient (Wildman–Crippen LogP) is 4.40. The molecule has 1 aliphatic heterocycles. The molecule has 9 nitrogen and oxygen atoms in total. The van der Waals surface area contributed by atoms with Crippen molar-refractivity contribution in [2.24, 2.45) is 35.1 Å². The minimum absolute atomic E-state index is 0.0158. The number of rotatable bonds is 10. The summed E-state index contributed by atoms with van der Waals surface area (Å²) >= 11 is 0. The van der Waals surface area contributed by atoms with Crippen molar-refractivity contribution >= 4 is 28.8 Å². The number of hydrogen-bond acceptors (Lipinski definition) is 7. The molecule has 2 heterocycles. The third-order valence-electron chi connectivity index (χ3n) is 9.93. The number of aliphatic hydroxyl groups is 1. The van der Waals surface area contributed by atoms with E-state index in [0.29, 0.717) is 48.6 Å². The molecular weight excluding hydrogens is 541 g/mol. The number of para-hydroxylation sites is 1. The van der Waals surface area contributed by atoms with E-state index in [1.807, 2.05) is 18.2 Å². The zero-order valence-electron chi connectivity index (χ0n) is 24.2. The van der Waals surface area contributed by atoms with E-state index in [9.17, 15) is 23.9 Å². The molecule has 42 heavy (non-hydrogen) atoms. The van der Waals surface area contributed by atoms with Crippen LogP contribution in [0.4, 0.5) is 4.39 Å². The minimum atomic E-state index is -0.802. The van der Waals surface area contributed by atoms with Crippen LogP contribution in [0, 0.1) is 23.7 Å². The Morgan fingerprint density at radius 3 is 2.45 bits per heavy atom. The molecule has 0 bridgehead atoms. The van der Waals surface area contributed by atoms with Gasteiger partial charge in [-0.1, -0.05) is 50.3 Å². The van der Waals surface area contributed by atoms with Gasteiger partial charge in [0.15, 0.2) is 0 Å². The Morgan fingerprint density at radius 2 is 1.79 bits per heavy atom. The maximum Gasteiger partial charge on any atom is 0.374 e. The van der Waals surface area contributed by atoms with Gasteiger partial charge in [0.05, 0.1) is 12.6 Å². The first kappa shape index (κ1) is 30.5. The van der Waals surface area contributed by atoms with Gasteiger partial charge in [-0.15, -0.1) is 0 Å². The van der Waals surface area contributed by atoms with Crippen molar-refractivity contribution in [3.05, 3.63) is 35.6 Å². The number of nitrogens with zero attached hydrogens (tertiary/aromatic N) is 1. The van der Waals surface area contributed by atoms with Gasteiger partial charge in [-0.25, -0.2) is 9.18 Å². The van der Waals surface area contributed by atoms with E-state index >= 15 is 0 Å². The van der Waals surface area contributed by atoms with Crippen LogP contribution in [0.5, 0.6) is 0 Å². The molecule has 10 heteroatoms. The lowest BCUT2D eigenvalue weighted by Crippen LogP contribution is -2.51. The number of esters is 1. The van der Waals surface area contributed by atoms with E-state index in [-0.39, 0.29) is 55.0 Å². The first-order valence-electron chi connectivity index (χ1n) is 15.6. The topological polar surface area (TPSA) is 149 Å². The highest BCUT2D eigenvalue weighted by Gasteiger charge is 2.53. The number of hydrogen-bond donors (Lipinski definition) is 3. The number of aliphatic hydroxyl groups excluding tert-OH is 1. The first-order chi connectivity index (χ1) is 20.3. The van der Waals surface area contributed by atoms with E-state index in [0.717, 1.165) is 32.1 Å². The number of ether oxygens (including phenoxy) is 1. The summed E-state index contributed by atoms with van der Waals surface area (Å²) in [4.78, 5) is 42.7. The monoisotopic (exact) mass is 585 g/mol. The van der Waals surface area contributed by atoms with E-state index in [4.69, 9.17) is 20.6 Å². The van der Waals surface area contributed by atoms with E-state index < -0.39 is 36.7 Å². The molecule has 1 aromatic carbocycles. The van der Waals surface area contributed by atoms with Crippen molar-refractivity contribution in [1.82, 2.24) is 4.90 Å². The van der Waals surface area contributed by atoms with Gasteiger partial charge >= 0.3 is 5.97 Å². The molecule has 1 aromatic heterocycles. The van der Waals surface area contributed by atoms with Gasteiger partial charge in [0.1, 0.15) is 18.3 Å². The molecule has 2 aromatic rings. The minimum Gasteiger partial charge on any atom is -0.460 e. The standard InChI is InChI=1S/C32H44FN3O6/c33-18-24(34)20-11-13-21(14-12-20)31(39)36-25(17-23(28(36)30(35)38)19-7-2-1-3-8-19)27-22-9-4-5-10-26(22)42-29(27)32(40)41-16-6-15-37/h4-5,9-10,19-21,23-25,28,37H,1-3,6-8,11-18,34H2,(H2,35,38)/t20-,21-,23-,24+,25?,28-/m0/s1. The summed E-state index contributed by atoms with van der Waals surface area (Å²) in [5, 5.41) is 9.87. The lowest BCUT2D eigenvalue weighted by Gasteiger charge is -2.37. The van der Waals surface area contributed by atoms with Crippen LogP contribution in [0.25, 0.3) is 11.0 Å². The normalized spacial score (nSPS) is 27.7. The Morgan fingerprint density at radius 1 is 1.07 bits per heavy atom. The molecule has 3 aliphatic rings. The largest absolute Gasteiger partial charge is 0.460 e. The summed E-state index contributed by atoms with van der Waals surface area (Å²) in [6.07, 6.45) is 8.41. The summed E-state index contributed by atoms with van der Waals surface area (Å²) in [5.74, 6) is -1.56. The van der Waals surface area contributed by atoms with Crippen LogP contribution in [0.15, 0.2) is 28.7 Å². The van der Waals surface area contributed by atoms with Gasteiger partial charge in [0.25, 0.3) is 0 Å². The number of nitrogens with two attached hydrogens (primary N) is 2. The second-order valence-electron chi connectivity index (χ2n) is 12.4. The fourth-order valence-electron chi connectivity index (χ4n) is 7.78. The average Bonchev–Trinajstić information content (AvgIpc) is 3.60. The van der Waals surface area contributed by atoms with Crippen molar-refractivity contribution < 1.29 is 33.0 Å². The maximum atomic E-state index is 14.5. The second kappa shape index (κ2) is 13.5. The van der Waals surface area contributed by atoms with E-state index in [1.54, 1.807) is 11.0 Å². The molecule has 0 spiro atoms. The smallest absolute Gasteiger partial charge is 0.374 e. The molecule has 2 amide bonds. The van der Waals surface area contributed by atoms with Gasteiger partial charge in [-0.05, 0) is 55.9 Å². The Labute approximate surface area is 246 Å². The second-order valence-corrected chi connectivity index (χ2v) is 12.4. The van der Waals surface area contributed by atoms with Crippen molar-refractivity contribution in [1.29, 1.82) is 0 Å². The SMILES string of the molecule is NC(=O)[C@@H]1[C@H](C2CCCCC2)CC(c2c(C(=O)OCCCO)oc3ccccc23)N1C(=O)[C@H]1CC[C@H]([C@H](N)CF)CC1. The molecule has 1 saturated heterocycles. The summed E-state index contributed by atoms with van der Waals surface area (Å²) in [6.45, 7) is -0.681. The Hall–Kier alpha value is -2.98. The summed E-state index contributed by atoms with van der Waals surface area (Å²) in [5.41, 5.74) is 13.1. The van der Waals surface area contributed by atoms with Gasteiger partial charge in [-0.2, -0.15) is 0 Å². The molecule has 5 N–H and O–H groups in total. The molecular formula is C32H44FN3O6. The molecule has 230 valence electrons. The molecule has 4 atom stereocenters. The summed E-state index contributed by atoms with van der Waals surface area (Å²) < 4.78 is 24.8. The third-order valence-corrected chi connectivity index (χ3v) is 9.93. The molecule has 2 aliphatic carbocycles. The van der Waals surface area contributed by atoms with Gasteiger partial charge in [0, 0.05) is 35.9 Å². The van der Waals surface area contributed by atoms with Crippen LogP contribution in [-0.2, 0) is 14.3 Å². The summed E-state index contributed by atoms with van der Waals surface area (Å²) in [6, 6.07) is 5.35. The predicted molar refractivity (Wildman–Crippen MR) is 155 cm³/mol. The van der Waals surface area contributed by atoms with E-state index in [1.165, 1.54) is 0 Å². The molecule has 5 rings (SSSR count). The molecule has 0 radical (unpaired) electrons. The number of furan rings is 1. The number of carbonyl (C=O) groups excluding carboxylic acids is 3. The summed E-state index contributed by atoms with van der Waals surface area (Å²) in [7, 11) is 0. The van der Waals surface area contributed by atoms with Crippen molar-refractivity contribution in [3.8, 4) is 0 Å². The van der Waals surface area contributed by atoms with Crippen LogP contribution in [-0.4, -0.2) is 59.8 Å². The number of fused-ring (bicyclic) bond motifs is 1. The number of carbonyl (C=O) groups is 3. The Kier molecular flexibility index (Phi) is 9.83. The Balaban J connectivity index is 1.55. The lowest BCUT2D eigenvalue weighted by molar-refractivity contribution is -0.145. The zero-order chi connectivity index (χ0) is 29.8. The maximum absolute atomic E-state index is 14.5. The average molecular weight is 586 g/mol. The van der Waals surface area contributed by atoms with Crippen LogP contribution in [0.3, 0.4) is 0 Å². The highest BCUT2D eigenvalue weighted by atomic mass is 19.1. The van der Waals surface area contributed by atoms with Crippen molar-refractivity contribution in [2.45, 2.75) is 88.8 Å². The van der Waals surface area contributed by atoms with E-state index in [2.05, 4.69) is 0 Å². The van der Waals surface area contributed by atoms with Gasteiger partial charge < -0.3 is 30.6 Å². The van der Waals surface area contributed by atoms with Crippen LogP contribution < -0.4 is 11.5 Å². The number of likely N-dealkylation sites (tertiary alicyclic amines) is 1. The van der Waals surface area contributed by atoms with Crippen LogP contribution >= 0.6 is 0 Å². The highest BCUT2D eigenvalue weighted by molar-refractivity contribution is 5.98. The number of benzene rings is 1. The molecule has 1 unspecified atom stereocenters. The molecule has 2 saturated carbocycles. The first-order valence-corrected chi connectivity index (χ1v) is 15.6. The third kappa shape index (κ3) is 6.06. The van der Waals surface area contributed by atoms with Crippen LogP contribution in [0.1, 0.15) is 92.8 Å². The number of alkyl halides is 1. The highest BCUT2D eigenvalue weighted by Crippen LogP contribution is 2.50. The number of primary amides is 1. The Bertz CT molecular complexity index is 1250. The number of halogens is 1. The fraction of sp³-hybridized carbons (Fsp3) is 0.656. The zero-order valence-corrected chi connectivity index (χ0v) is 24.2. The van der Waals surface area contributed by atoms with Crippen molar-refractivity contribution in [2.75, 3.05) is 19.9 Å². The lowest BCUT2D eigenvalue weighted by atomic mass is 9.75. The van der Waals surface area contributed by atoms with Gasteiger partial charge in [-0.3, -0.25) is 9.59 Å².